The molecule has 0 fully saturated rings. The van der Waals surface area contributed by atoms with Gasteiger partial charge in [-0.2, -0.15) is 0 Å². The standard InChI is InChI=1S/C10H13NO2S2/c1-10(2)5-11(3)6-4-7(8(12)13)14-9(6)15-10/h4H,5H2,1-3H3,(H,12,13). The minimum absolute atomic E-state index is 0.155. The van der Waals surface area contributed by atoms with E-state index in [4.69, 9.17) is 5.11 Å². The quantitative estimate of drug-likeness (QED) is 0.823. The number of thioether (sulfide) groups is 1. The Kier molecular flexibility index (Phi) is 2.47. The second kappa shape index (κ2) is 3.42. The van der Waals surface area contributed by atoms with Gasteiger partial charge in [0.15, 0.2) is 0 Å². The van der Waals surface area contributed by atoms with Crippen molar-refractivity contribution in [3.8, 4) is 0 Å². The SMILES string of the molecule is CN1CC(C)(C)Sc2sc(C(=O)O)cc21. The van der Waals surface area contributed by atoms with Crippen LogP contribution >= 0.6 is 23.1 Å². The fraction of sp³-hybridized carbons (Fsp3) is 0.500. The van der Waals surface area contributed by atoms with Crippen LogP contribution in [0, 0.1) is 0 Å². The molecule has 0 spiro atoms. The molecule has 0 radical (unpaired) electrons. The Labute approximate surface area is 97.1 Å². The van der Waals surface area contributed by atoms with Crippen molar-refractivity contribution in [3.63, 3.8) is 0 Å². The predicted octanol–water partition coefficient (Wildman–Crippen LogP) is 2.77. The number of fused-ring (bicyclic) bond motifs is 1. The van der Waals surface area contributed by atoms with E-state index >= 15 is 0 Å². The second-order valence-corrected chi connectivity index (χ2v) is 7.33. The average molecular weight is 243 g/mol. The van der Waals surface area contributed by atoms with Crippen LogP contribution in [0.15, 0.2) is 10.3 Å². The molecule has 0 aromatic carbocycles. The van der Waals surface area contributed by atoms with E-state index in [1.54, 1.807) is 17.8 Å². The zero-order chi connectivity index (χ0) is 11.2. The number of hydrogen-bond acceptors (Lipinski definition) is 4. The normalized spacial score (nSPS) is 18.7. The summed E-state index contributed by atoms with van der Waals surface area (Å²) in [6.45, 7) is 5.30. The number of aromatic carboxylic acids is 1. The van der Waals surface area contributed by atoms with Crippen LogP contribution in [0.3, 0.4) is 0 Å². The lowest BCUT2D eigenvalue weighted by Gasteiger charge is -2.35. The summed E-state index contributed by atoms with van der Waals surface area (Å²) in [6, 6.07) is 1.77. The number of rotatable bonds is 1. The van der Waals surface area contributed by atoms with E-state index in [0.717, 1.165) is 16.4 Å². The molecule has 1 aliphatic heterocycles. The Morgan fingerprint density at radius 2 is 2.27 bits per heavy atom. The molecule has 0 amide bonds. The summed E-state index contributed by atoms with van der Waals surface area (Å²) < 4.78 is 1.27. The fourth-order valence-electron chi connectivity index (χ4n) is 1.75. The highest BCUT2D eigenvalue weighted by Gasteiger charge is 2.31. The van der Waals surface area contributed by atoms with Gasteiger partial charge in [0.2, 0.25) is 0 Å². The van der Waals surface area contributed by atoms with Crippen molar-refractivity contribution >= 4 is 34.8 Å². The van der Waals surface area contributed by atoms with Gasteiger partial charge in [0.1, 0.15) is 4.88 Å². The van der Waals surface area contributed by atoms with Crippen LogP contribution in [0.4, 0.5) is 5.69 Å². The summed E-state index contributed by atoms with van der Waals surface area (Å²) >= 11 is 3.14. The molecule has 1 N–H and O–H groups in total. The Morgan fingerprint density at radius 3 is 2.87 bits per heavy atom. The van der Waals surface area contributed by atoms with E-state index in [1.165, 1.54) is 11.3 Å². The Bertz CT molecular complexity index is 412. The first-order valence-corrected chi connectivity index (χ1v) is 6.30. The first kappa shape index (κ1) is 10.8. The minimum Gasteiger partial charge on any atom is -0.477 e. The molecule has 1 aromatic rings. The van der Waals surface area contributed by atoms with E-state index in [-0.39, 0.29) is 4.75 Å². The van der Waals surface area contributed by atoms with Crippen molar-refractivity contribution in [1.82, 2.24) is 0 Å². The van der Waals surface area contributed by atoms with Crippen LogP contribution in [0.1, 0.15) is 23.5 Å². The maximum atomic E-state index is 10.9. The van der Waals surface area contributed by atoms with Gasteiger partial charge < -0.3 is 10.0 Å². The molecule has 2 heterocycles. The van der Waals surface area contributed by atoms with Crippen molar-refractivity contribution in [1.29, 1.82) is 0 Å². The summed E-state index contributed by atoms with van der Waals surface area (Å²) in [5.74, 6) is -0.832. The van der Waals surface area contributed by atoms with Gasteiger partial charge in [-0.05, 0) is 19.9 Å². The fourth-order valence-corrected chi connectivity index (χ4v) is 4.72. The van der Waals surface area contributed by atoms with Gasteiger partial charge in [0.25, 0.3) is 0 Å². The Hall–Kier alpha value is -0.680. The molecule has 0 atom stereocenters. The van der Waals surface area contributed by atoms with E-state index in [2.05, 4.69) is 18.7 Å². The summed E-state index contributed by atoms with van der Waals surface area (Å²) in [4.78, 5) is 13.4. The monoisotopic (exact) mass is 243 g/mol. The van der Waals surface area contributed by atoms with Gasteiger partial charge in [-0.3, -0.25) is 0 Å². The molecular formula is C10H13NO2S2. The van der Waals surface area contributed by atoms with Crippen LogP contribution in [0.2, 0.25) is 0 Å². The summed E-state index contributed by atoms with van der Waals surface area (Å²) in [5, 5.41) is 8.93. The molecule has 15 heavy (non-hydrogen) atoms. The third-order valence-corrected chi connectivity index (χ3v) is 4.77. The van der Waals surface area contributed by atoms with Crippen LogP contribution in [-0.2, 0) is 0 Å². The molecule has 0 saturated carbocycles. The third kappa shape index (κ3) is 1.99. The van der Waals surface area contributed by atoms with Crippen LogP contribution in [0.5, 0.6) is 0 Å². The molecule has 0 unspecified atom stereocenters. The predicted molar refractivity (Wildman–Crippen MR) is 64.5 cm³/mol. The summed E-state index contributed by atoms with van der Waals surface area (Å²) in [5.41, 5.74) is 1.06. The zero-order valence-corrected chi connectivity index (χ0v) is 10.5. The lowest BCUT2D eigenvalue weighted by atomic mass is 10.2. The minimum atomic E-state index is -0.832. The number of carboxylic acids is 1. The van der Waals surface area contributed by atoms with E-state index in [9.17, 15) is 4.79 Å². The highest BCUT2D eigenvalue weighted by atomic mass is 32.2. The topological polar surface area (TPSA) is 40.5 Å². The lowest BCUT2D eigenvalue weighted by Crippen LogP contribution is -2.36. The molecule has 0 bridgehead atoms. The Balaban J connectivity index is 2.42. The molecule has 0 saturated heterocycles. The molecule has 1 aromatic heterocycles. The van der Waals surface area contributed by atoms with Crippen LogP contribution < -0.4 is 4.90 Å². The van der Waals surface area contributed by atoms with E-state index in [0.29, 0.717) is 4.88 Å². The van der Waals surface area contributed by atoms with Gasteiger partial charge in [-0.15, -0.1) is 23.1 Å². The zero-order valence-electron chi connectivity index (χ0n) is 8.90. The van der Waals surface area contributed by atoms with Crippen molar-refractivity contribution in [2.45, 2.75) is 22.8 Å². The number of nitrogens with zero attached hydrogens (tertiary/aromatic N) is 1. The van der Waals surface area contributed by atoms with E-state index < -0.39 is 5.97 Å². The van der Waals surface area contributed by atoms with Gasteiger partial charge in [0.05, 0.1) is 9.90 Å². The van der Waals surface area contributed by atoms with Crippen molar-refractivity contribution < 1.29 is 9.90 Å². The van der Waals surface area contributed by atoms with Crippen LogP contribution in [-0.4, -0.2) is 29.4 Å². The first-order chi connectivity index (χ1) is 6.89. The number of thiophene rings is 1. The van der Waals surface area contributed by atoms with E-state index in [1.807, 2.05) is 7.05 Å². The van der Waals surface area contributed by atoms with Crippen molar-refractivity contribution in [3.05, 3.63) is 10.9 Å². The molecule has 2 rings (SSSR count). The largest absolute Gasteiger partial charge is 0.477 e. The van der Waals surface area contributed by atoms with Gasteiger partial charge in [0, 0.05) is 18.3 Å². The highest BCUT2D eigenvalue weighted by molar-refractivity contribution is 8.02. The molecule has 82 valence electrons. The number of carboxylic acid groups (broad SMARTS) is 1. The molecule has 1 aliphatic rings. The molecular weight excluding hydrogens is 230 g/mol. The van der Waals surface area contributed by atoms with Gasteiger partial charge >= 0.3 is 5.97 Å². The lowest BCUT2D eigenvalue weighted by molar-refractivity contribution is 0.0702. The number of carbonyl (C=O) groups is 1. The number of hydrogen-bond donors (Lipinski definition) is 1. The first-order valence-electron chi connectivity index (χ1n) is 4.66. The van der Waals surface area contributed by atoms with Crippen molar-refractivity contribution in [2.24, 2.45) is 0 Å². The summed E-state index contributed by atoms with van der Waals surface area (Å²) in [7, 11) is 2.01. The Morgan fingerprint density at radius 1 is 1.60 bits per heavy atom. The molecule has 5 heteroatoms. The summed E-state index contributed by atoms with van der Waals surface area (Å²) in [6.07, 6.45) is 0. The van der Waals surface area contributed by atoms with Gasteiger partial charge in [-0.25, -0.2) is 4.79 Å². The van der Waals surface area contributed by atoms with Gasteiger partial charge in [-0.1, -0.05) is 0 Å². The third-order valence-electron chi connectivity index (χ3n) is 2.29. The highest BCUT2D eigenvalue weighted by Crippen LogP contribution is 2.48. The smallest absolute Gasteiger partial charge is 0.345 e. The maximum Gasteiger partial charge on any atom is 0.345 e. The van der Waals surface area contributed by atoms with Crippen molar-refractivity contribution in [2.75, 3.05) is 18.5 Å². The number of anilines is 1. The second-order valence-electron chi connectivity index (χ2n) is 4.31. The molecule has 3 nitrogen and oxygen atoms in total. The van der Waals surface area contributed by atoms with Crippen LogP contribution in [0.25, 0.3) is 0 Å². The average Bonchev–Trinajstić information content (AvgIpc) is 2.45. The molecule has 0 aliphatic carbocycles. The maximum absolute atomic E-state index is 10.9.